The quantitative estimate of drug-likeness (QED) is 0.246. The molecule has 4 aromatic rings. The monoisotopic (exact) mass is 484 g/mol. The first-order valence-electron chi connectivity index (χ1n) is 9.71. The largest absolute Gasteiger partial charge is 0.477 e. The number of thioether (sulfide) groups is 1. The Morgan fingerprint density at radius 1 is 1.03 bits per heavy atom. The summed E-state index contributed by atoms with van der Waals surface area (Å²) in [7, 11) is 0. The van der Waals surface area contributed by atoms with E-state index in [4.69, 9.17) is 23.2 Å². The van der Waals surface area contributed by atoms with Crippen LogP contribution in [0.5, 0.6) is 0 Å². The van der Waals surface area contributed by atoms with Gasteiger partial charge in [0.2, 0.25) is 0 Å². The Kier molecular flexibility index (Phi) is 6.69. The summed E-state index contributed by atoms with van der Waals surface area (Å²) >= 11 is 13.0. The molecule has 2 aromatic heterocycles. The van der Waals surface area contributed by atoms with Crippen molar-refractivity contribution in [2.24, 2.45) is 0 Å². The summed E-state index contributed by atoms with van der Waals surface area (Å²) in [4.78, 5) is 12.2. The van der Waals surface area contributed by atoms with Gasteiger partial charge in [-0.1, -0.05) is 23.2 Å². The SMILES string of the molecule is CCn1c(S/C(=C\c2cccn2-c2ccc(Cl)cc2)C(=O)O)nnc1-c1ccc(Cl)cc1. The van der Waals surface area contributed by atoms with Gasteiger partial charge in [0.05, 0.1) is 0 Å². The summed E-state index contributed by atoms with van der Waals surface area (Å²) in [5.41, 5.74) is 2.45. The highest BCUT2D eigenvalue weighted by molar-refractivity contribution is 8.04. The highest BCUT2D eigenvalue weighted by Crippen LogP contribution is 2.31. The normalized spacial score (nSPS) is 11.7. The van der Waals surface area contributed by atoms with Crippen LogP contribution in [0.2, 0.25) is 10.0 Å². The molecule has 32 heavy (non-hydrogen) atoms. The molecule has 1 N–H and O–H groups in total. The first-order chi connectivity index (χ1) is 15.5. The van der Waals surface area contributed by atoms with E-state index in [0.29, 0.717) is 27.6 Å². The minimum atomic E-state index is -1.04. The molecule has 0 saturated heterocycles. The predicted molar refractivity (Wildman–Crippen MR) is 128 cm³/mol. The molecule has 0 aliphatic rings. The molecular formula is C23H18Cl2N4O2S. The zero-order valence-corrected chi connectivity index (χ0v) is 19.3. The lowest BCUT2D eigenvalue weighted by molar-refractivity contribution is -0.131. The maximum absolute atomic E-state index is 12.0. The molecule has 0 unspecified atom stereocenters. The summed E-state index contributed by atoms with van der Waals surface area (Å²) < 4.78 is 3.77. The number of carboxylic acid groups (broad SMARTS) is 1. The maximum Gasteiger partial charge on any atom is 0.342 e. The second kappa shape index (κ2) is 9.65. The third kappa shape index (κ3) is 4.75. The molecule has 0 amide bonds. The van der Waals surface area contributed by atoms with Crippen molar-refractivity contribution in [2.75, 3.05) is 0 Å². The van der Waals surface area contributed by atoms with Crippen LogP contribution in [0, 0.1) is 0 Å². The lowest BCUT2D eigenvalue weighted by Gasteiger charge is -2.09. The number of benzene rings is 2. The lowest BCUT2D eigenvalue weighted by atomic mass is 10.2. The second-order valence-electron chi connectivity index (χ2n) is 6.75. The van der Waals surface area contributed by atoms with Gasteiger partial charge in [0.1, 0.15) is 4.91 Å². The van der Waals surface area contributed by atoms with E-state index in [1.807, 2.05) is 58.7 Å². The van der Waals surface area contributed by atoms with Gasteiger partial charge in [-0.15, -0.1) is 10.2 Å². The smallest absolute Gasteiger partial charge is 0.342 e. The lowest BCUT2D eigenvalue weighted by Crippen LogP contribution is -2.03. The van der Waals surface area contributed by atoms with E-state index in [0.717, 1.165) is 28.7 Å². The van der Waals surface area contributed by atoms with Crippen LogP contribution in [0.15, 0.2) is 76.9 Å². The van der Waals surface area contributed by atoms with Crippen molar-refractivity contribution in [1.82, 2.24) is 19.3 Å². The molecule has 0 bridgehead atoms. The standard InChI is InChI=1S/C23H18Cl2N4O2S/c1-2-28-21(15-5-7-16(24)8-6-15)26-27-23(28)32-20(22(30)31)14-19-4-3-13-29(19)18-11-9-17(25)10-12-18/h3-14H,2H2,1H3,(H,30,31)/b20-14-. The zero-order valence-electron chi connectivity index (χ0n) is 16.9. The van der Waals surface area contributed by atoms with Crippen molar-refractivity contribution >= 4 is 47.0 Å². The number of carbonyl (C=O) groups is 1. The molecule has 0 atom stereocenters. The average molecular weight is 485 g/mol. The van der Waals surface area contributed by atoms with E-state index in [1.165, 1.54) is 0 Å². The molecule has 0 saturated carbocycles. The molecule has 2 heterocycles. The number of carboxylic acids is 1. The van der Waals surface area contributed by atoms with Crippen LogP contribution in [0.4, 0.5) is 0 Å². The molecular weight excluding hydrogens is 467 g/mol. The number of aliphatic carboxylic acids is 1. The summed E-state index contributed by atoms with van der Waals surface area (Å²) in [5.74, 6) is -0.390. The van der Waals surface area contributed by atoms with Gasteiger partial charge in [0.15, 0.2) is 11.0 Å². The molecule has 0 aliphatic carbocycles. The van der Waals surface area contributed by atoms with Gasteiger partial charge in [-0.25, -0.2) is 4.79 Å². The second-order valence-corrected chi connectivity index (χ2v) is 8.63. The van der Waals surface area contributed by atoms with E-state index < -0.39 is 5.97 Å². The van der Waals surface area contributed by atoms with Gasteiger partial charge in [0, 0.05) is 39.7 Å². The van der Waals surface area contributed by atoms with E-state index in [2.05, 4.69) is 10.2 Å². The number of nitrogens with zero attached hydrogens (tertiary/aromatic N) is 4. The Morgan fingerprint density at radius 2 is 1.69 bits per heavy atom. The Bertz CT molecular complexity index is 1280. The number of rotatable bonds is 7. The number of hydrogen-bond acceptors (Lipinski definition) is 4. The molecule has 6 nitrogen and oxygen atoms in total. The average Bonchev–Trinajstić information content (AvgIpc) is 3.41. The van der Waals surface area contributed by atoms with Crippen LogP contribution in [0.25, 0.3) is 23.2 Å². The van der Waals surface area contributed by atoms with Crippen LogP contribution in [-0.2, 0) is 11.3 Å². The third-order valence-electron chi connectivity index (χ3n) is 4.71. The fourth-order valence-corrected chi connectivity index (χ4v) is 4.30. The Labute approximate surface area is 199 Å². The van der Waals surface area contributed by atoms with Gasteiger partial charge in [-0.2, -0.15) is 0 Å². The van der Waals surface area contributed by atoms with Gasteiger partial charge < -0.3 is 14.2 Å². The molecule has 162 valence electrons. The topological polar surface area (TPSA) is 72.9 Å². The Hall–Kier alpha value is -3.00. The van der Waals surface area contributed by atoms with Gasteiger partial charge in [-0.05, 0) is 85.4 Å². The van der Waals surface area contributed by atoms with Crippen LogP contribution in [0.1, 0.15) is 12.6 Å². The molecule has 4 rings (SSSR count). The van der Waals surface area contributed by atoms with Crippen molar-refractivity contribution in [3.63, 3.8) is 0 Å². The van der Waals surface area contributed by atoms with Gasteiger partial charge >= 0.3 is 5.97 Å². The minimum Gasteiger partial charge on any atom is -0.477 e. The summed E-state index contributed by atoms with van der Waals surface area (Å²) in [6, 6.07) is 18.3. The minimum absolute atomic E-state index is 0.128. The summed E-state index contributed by atoms with van der Waals surface area (Å²) in [6.07, 6.45) is 3.49. The van der Waals surface area contributed by atoms with E-state index in [-0.39, 0.29) is 4.91 Å². The summed E-state index contributed by atoms with van der Waals surface area (Å²) in [5, 5.41) is 20.1. The van der Waals surface area contributed by atoms with Crippen molar-refractivity contribution in [3.8, 4) is 17.1 Å². The van der Waals surface area contributed by atoms with Crippen molar-refractivity contribution in [1.29, 1.82) is 0 Å². The van der Waals surface area contributed by atoms with Crippen molar-refractivity contribution in [3.05, 3.63) is 87.5 Å². The molecule has 2 aromatic carbocycles. The number of aromatic nitrogens is 4. The molecule has 0 radical (unpaired) electrons. The van der Waals surface area contributed by atoms with Crippen LogP contribution >= 0.6 is 35.0 Å². The van der Waals surface area contributed by atoms with Crippen molar-refractivity contribution in [2.45, 2.75) is 18.6 Å². The summed E-state index contributed by atoms with van der Waals surface area (Å²) in [6.45, 7) is 2.55. The highest BCUT2D eigenvalue weighted by atomic mass is 35.5. The zero-order chi connectivity index (χ0) is 22.7. The van der Waals surface area contributed by atoms with E-state index in [9.17, 15) is 9.90 Å². The fourth-order valence-electron chi connectivity index (χ4n) is 3.18. The Balaban J connectivity index is 1.68. The van der Waals surface area contributed by atoms with E-state index in [1.54, 1.807) is 30.3 Å². The van der Waals surface area contributed by atoms with Gasteiger partial charge in [-0.3, -0.25) is 0 Å². The fraction of sp³-hybridized carbons (Fsp3) is 0.0870. The molecule has 9 heteroatoms. The number of hydrogen-bond donors (Lipinski definition) is 1. The highest BCUT2D eigenvalue weighted by Gasteiger charge is 2.19. The van der Waals surface area contributed by atoms with Crippen LogP contribution < -0.4 is 0 Å². The van der Waals surface area contributed by atoms with Crippen molar-refractivity contribution < 1.29 is 9.90 Å². The molecule has 0 aliphatic heterocycles. The van der Waals surface area contributed by atoms with E-state index >= 15 is 0 Å². The molecule has 0 spiro atoms. The van der Waals surface area contributed by atoms with Crippen LogP contribution in [0.3, 0.4) is 0 Å². The third-order valence-corrected chi connectivity index (χ3v) is 6.21. The Morgan fingerprint density at radius 3 is 2.31 bits per heavy atom. The maximum atomic E-state index is 12.0. The first kappa shape index (κ1) is 22.2. The van der Waals surface area contributed by atoms with Gasteiger partial charge in [0.25, 0.3) is 0 Å². The van der Waals surface area contributed by atoms with Crippen LogP contribution in [-0.4, -0.2) is 30.4 Å². The number of halogens is 2. The molecule has 0 fully saturated rings. The first-order valence-corrected chi connectivity index (χ1v) is 11.3. The predicted octanol–water partition coefficient (Wildman–Crippen LogP) is 6.28.